The van der Waals surface area contributed by atoms with Gasteiger partial charge in [0, 0.05) is 76.0 Å². The van der Waals surface area contributed by atoms with E-state index in [0.29, 0.717) is 0 Å². The summed E-state index contributed by atoms with van der Waals surface area (Å²) < 4.78 is 7.16. The van der Waals surface area contributed by atoms with E-state index >= 15 is 0 Å². The minimum Gasteiger partial charge on any atom is -0.294 e. The molecule has 7 heteroatoms. The van der Waals surface area contributed by atoms with Gasteiger partial charge in [-0.1, -0.05) is 97.1 Å². The number of nitrogens with zero attached hydrogens (tertiary/aromatic N) is 6. The maximum absolute atomic E-state index is 5.06. The largest absolute Gasteiger partial charge is 0.294 e. The molecule has 6 aromatic carbocycles. The molecule has 0 bridgehead atoms. The predicted molar refractivity (Wildman–Crippen MR) is 245 cm³/mol. The Morgan fingerprint density at radius 3 is 1.29 bits per heavy atom. The van der Waals surface area contributed by atoms with Crippen LogP contribution in [0.2, 0.25) is 0 Å². The minimum absolute atomic E-state index is 0.876. The number of rotatable bonds is 4. The second-order valence-corrected chi connectivity index (χ2v) is 16.1. The molecule has 0 saturated carbocycles. The van der Waals surface area contributed by atoms with Crippen molar-refractivity contribution in [3.8, 4) is 34.2 Å². The standard InChI is InChI=1S/C52H30N6S/c1-5-13-39-31(9-1)17-23-41(55-39)33-19-27-47(53-29-33)57-43-15-7-3-11-37(43)49-45(57)25-21-35-36-22-26-46-50(52(36)59-51(35)49)38-12-4-8-16-44(38)58(46)48-28-20-34(30-54-48)42-24-18-32-10-2-6-14-40(32)56-42/h1-30H. The summed E-state index contributed by atoms with van der Waals surface area (Å²) in [4.78, 5) is 20.0. The summed E-state index contributed by atoms with van der Waals surface area (Å²) in [6, 6.07) is 59.9. The fourth-order valence-corrected chi connectivity index (χ4v) is 10.5. The second-order valence-electron chi connectivity index (χ2n) is 15.1. The van der Waals surface area contributed by atoms with Crippen LogP contribution in [0.1, 0.15) is 0 Å². The number of para-hydroxylation sites is 4. The number of hydrogen-bond donors (Lipinski definition) is 0. The number of hydrogen-bond acceptors (Lipinski definition) is 5. The SMILES string of the molecule is c1ccc2nc(-c3ccc(-n4c5ccccc5c5c6sc7c(ccc8c7c7ccccc7n8-c7ccc(-c8ccc9ccccc9n8)cn7)c6ccc54)nc3)ccc2c1. The van der Waals surface area contributed by atoms with Crippen LogP contribution in [0, 0.1) is 0 Å². The summed E-state index contributed by atoms with van der Waals surface area (Å²) >= 11 is 1.88. The number of benzene rings is 6. The van der Waals surface area contributed by atoms with Gasteiger partial charge in [0.15, 0.2) is 0 Å². The summed E-state index contributed by atoms with van der Waals surface area (Å²) in [5.74, 6) is 1.75. The van der Waals surface area contributed by atoms with Crippen LogP contribution in [0.15, 0.2) is 182 Å². The third-order valence-electron chi connectivity index (χ3n) is 11.8. The molecule has 0 spiro atoms. The van der Waals surface area contributed by atoms with Gasteiger partial charge in [-0.25, -0.2) is 19.9 Å². The van der Waals surface area contributed by atoms with Crippen molar-refractivity contribution >= 4 is 96.9 Å². The van der Waals surface area contributed by atoms with Gasteiger partial charge in [-0.3, -0.25) is 9.13 Å². The van der Waals surface area contributed by atoms with Crippen molar-refractivity contribution in [2.24, 2.45) is 0 Å². The molecule has 0 unspecified atom stereocenters. The molecule has 0 aliphatic rings. The Kier molecular flexibility index (Phi) is 6.79. The molecule has 0 fully saturated rings. The zero-order chi connectivity index (χ0) is 38.6. The maximum atomic E-state index is 5.06. The highest BCUT2D eigenvalue weighted by atomic mass is 32.1. The monoisotopic (exact) mass is 770 g/mol. The molecule has 0 N–H and O–H groups in total. The van der Waals surface area contributed by atoms with Crippen molar-refractivity contribution in [1.82, 2.24) is 29.1 Å². The number of pyridine rings is 4. The molecular formula is C52H30N6S. The van der Waals surface area contributed by atoms with Gasteiger partial charge in [-0.15, -0.1) is 11.3 Å². The molecule has 7 heterocycles. The predicted octanol–water partition coefficient (Wildman–Crippen LogP) is 13.5. The van der Waals surface area contributed by atoms with Crippen LogP contribution in [-0.4, -0.2) is 29.1 Å². The van der Waals surface area contributed by atoms with Gasteiger partial charge in [0.2, 0.25) is 0 Å². The summed E-state index contributed by atoms with van der Waals surface area (Å²) in [5, 5.41) is 9.70. The fraction of sp³-hybridized carbons (Fsp3) is 0. The first-order valence-corrected chi connectivity index (χ1v) is 20.5. The Hall–Kier alpha value is -7.74. The third kappa shape index (κ3) is 4.79. The minimum atomic E-state index is 0.876. The molecule has 0 aliphatic heterocycles. The first-order chi connectivity index (χ1) is 29.2. The molecular weight excluding hydrogens is 741 g/mol. The lowest BCUT2D eigenvalue weighted by Crippen LogP contribution is -1.97. The van der Waals surface area contributed by atoms with Gasteiger partial charge in [-0.05, 0) is 72.8 Å². The normalized spacial score (nSPS) is 12.1. The fourth-order valence-electron chi connectivity index (χ4n) is 9.08. The molecule has 274 valence electrons. The molecule has 6 nitrogen and oxygen atoms in total. The van der Waals surface area contributed by atoms with E-state index in [9.17, 15) is 0 Å². The second kappa shape index (κ2) is 12.4. The van der Waals surface area contributed by atoms with E-state index in [2.05, 4.69) is 155 Å². The quantitative estimate of drug-likeness (QED) is 0.179. The Balaban J connectivity index is 0.971. The van der Waals surface area contributed by atoms with Crippen LogP contribution >= 0.6 is 11.3 Å². The topological polar surface area (TPSA) is 61.4 Å². The van der Waals surface area contributed by atoms with Gasteiger partial charge in [-0.2, -0.15) is 0 Å². The number of aromatic nitrogens is 6. The summed E-state index contributed by atoms with van der Waals surface area (Å²) in [5.41, 5.74) is 10.3. The van der Waals surface area contributed by atoms with E-state index in [1.165, 1.54) is 41.7 Å². The average molecular weight is 771 g/mol. The lowest BCUT2D eigenvalue weighted by molar-refractivity contribution is 1.08. The Bertz CT molecular complexity index is 3590. The lowest BCUT2D eigenvalue weighted by Gasteiger charge is -2.09. The van der Waals surface area contributed by atoms with Gasteiger partial charge < -0.3 is 0 Å². The van der Waals surface area contributed by atoms with Crippen molar-refractivity contribution in [3.05, 3.63) is 182 Å². The molecule has 0 radical (unpaired) electrons. The summed E-state index contributed by atoms with van der Waals surface area (Å²) in [6.45, 7) is 0. The molecule has 0 saturated heterocycles. The Labute approximate surface area is 340 Å². The van der Waals surface area contributed by atoms with Crippen molar-refractivity contribution in [2.75, 3.05) is 0 Å². The zero-order valence-electron chi connectivity index (χ0n) is 31.4. The maximum Gasteiger partial charge on any atom is 0.137 e. The van der Waals surface area contributed by atoms with Crippen LogP contribution in [0.25, 0.3) is 120 Å². The summed E-state index contributed by atoms with van der Waals surface area (Å²) in [6.07, 6.45) is 3.89. The number of thiophene rings is 1. The Morgan fingerprint density at radius 2 is 0.814 bits per heavy atom. The van der Waals surface area contributed by atoms with E-state index in [1.807, 2.05) is 48.0 Å². The van der Waals surface area contributed by atoms with E-state index in [1.54, 1.807) is 0 Å². The molecule has 13 aromatic rings. The van der Waals surface area contributed by atoms with Crippen LogP contribution in [-0.2, 0) is 0 Å². The van der Waals surface area contributed by atoms with Crippen LogP contribution in [0.4, 0.5) is 0 Å². The highest BCUT2D eigenvalue weighted by Gasteiger charge is 2.22. The van der Waals surface area contributed by atoms with Gasteiger partial charge in [0.05, 0.1) is 44.5 Å². The van der Waals surface area contributed by atoms with Crippen LogP contribution in [0.3, 0.4) is 0 Å². The first kappa shape index (κ1) is 32.4. The number of fused-ring (bicyclic) bond motifs is 13. The summed E-state index contributed by atoms with van der Waals surface area (Å²) in [7, 11) is 0. The zero-order valence-corrected chi connectivity index (χ0v) is 32.2. The molecule has 7 aromatic heterocycles. The van der Waals surface area contributed by atoms with Crippen LogP contribution < -0.4 is 0 Å². The highest BCUT2D eigenvalue weighted by Crippen LogP contribution is 2.47. The van der Waals surface area contributed by atoms with Crippen LogP contribution in [0.5, 0.6) is 0 Å². The molecule has 59 heavy (non-hydrogen) atoms. The smallest absolute Gasteiger partial charge is 0.137 e. The third-order valence-corrected chi connectivity index (χ3v) is 13.1. The average Bonchev–Trinajstić information content (AvgIpc) is 3.96. The van der Waals surface area contributed by atoms with Gasteiger partial charge in [0.25, 0.3) is 0 Å². The molecule has 13 rings (SSSR count). The van der Waals surface area contributed by atoms with Gasteiger partial charge >= 0.3 is 0 Å². The molecule has 0 aliphatic carbocycles. The van der Waals surface area contributed by atoms with E-state index in [-0.39, 0.29) is 0 Å². The van der Waals surface area contributed by atoms with Crippen molar-refractivity contribution < 1.29 is 0 Å². The Morgan fingerprint density at radius 1 is 0.356 bits per heavy atom. The molecule has 0 amide bonds. The van der Waals surface area contributed by atoms with Crippen molar-refractivity contribution in [3.63, 3.8) is 0 Å². The molecule has 0 atom stereocenters. The first-order valence-electron chi connectivity index (χ1n) is 19.7. The highest BCUT2D eigenvalue weighted by molar-refractivity contribution is 7.27. The lowest BCUT2D eigenvalue weighted by atomic mass is 10.1. The van der Waals surface area contributed by atoms with Crippen molar-refractivity contribution in [2.45, 2.75) is 0 Å². The van der Waals surface area contributed by atoms with E-state index in [0.717, 1.165) is 78.0 Å². The van der Waals surface area contributed by atoms with E-state index < -0.39 is 0 Å². The van der Waals surface area contributed by atoms with Gasteiger partial charge in [0.1, 0.15) is 11.6 Å². The van der Waals surface area contributed by atoms with Crippen molar-refractivity contribution in [1.29, 1.82) is 0 Å². The van der Waals surface area contributed by atoms with E-state index in [4.69, 9.17) is 19.9 Å².